The van der Waals surface area contributed by atoms with Crippen molar-refractivity contribution in [3.63, 3.8) is 0 Å². The highest BCUT2D eigenvalue weighted by Crippen LogP contribution is 2.15. The molecule has 5 heteroatoms. The van der Waals surface area contributed by atoms with Crippen LogP contribution in [-0.4, -0.2) is 41.7 Å². The second kappa shape index (κ2) is 8.03. The molecule has 0 aliphatic carbocycles. The number of carbonyl (C=O) groups excluding carboxylic acids is 1. The Morgan fingerprint density at radius 1 is 1.50 bits per heavy atom. The van der Waals surface area contributed by atoms with Crippen molar-refractivity contribution in [1.82, 2.24) is 15.5 Å². The Labute approximate surface area is 132 Å². The molecular formula is C17H27N3O2. The van der Waals surface area contributed by atoms with Gasteiger partial charge in [0.05, 0.1) is 0 Å². The Morgan fingerprint density at radius 2 is 2.32 bits per heavy atom. The Morgan fingerprint density at radius 3 is 3.05 bits per heavy atom. The number of nitrogens with one attached hydrogen (secondary N) is 2. The van der Waals surface area contributed by atoms with Gasteiger partial charge in [0, 0.05) is 25.7 Å². The van der Waals surface area contributed by atoms with Crippen molar-refractivity contribution in [2.24, 2.45) is 5.92 Å². The topological polar surface area (TPSA) is 64.6 Å². The average Bonchev–Trinajstić information content (AvgIpc) is 2.45. The lowest BCUT2D eigenvalue weighted by Gasteiger charge is -2.32. The SMILES string of the molecule is C[C@@H]1CCCN(C[C@@H](C)NC(=O)NCc2cccc(O)c2)C1. The van der Waals surface area contributed by atoms with E-state index in [1.165, 1.54) is 12.8 Å². The van der Waals surface area contributed by atoms with E-state index in [9.17, 15) is 9.90 Å². The lowest BCUT2D eigenvalue weighted by Crippen LogP contribution is -2.47. The summed E-state index contributed by atoms with van der Waals surface area (Å²) in [5.74, 6) is 0.966. The molecule has 122 valence electrons. The standard InChI is InChI=1S/C17H27N3O2/c1-13-5-4-8-20(11-13)12-14(2)19-17(22)18-10-15-6-3-7-16(21)9-15/h3,6-7,9,13-14,21H,4-5,8,10-12H2,1-2H3,(H2,18,19,22)/t13-,14-/m1/s1. The Hall–Kier alpha value is -1.75. The lowest BCUT2D eigenvalue weighted by molar-refractivity contribution is 0.169. The molecule has 0 unspecified atom stereocenters. The van der Waals surface area contributed by atoms with Gasteiger partial charge in [0.1, 0.15) is 5.75 Å². The van der Waals surface area contributed by atoms with Crippen LogP contribution in [0.5, 0.6) is 5.75 Å². The maximum absolute atomic E-state index is 11.9. The van der Waals surface area contributed by atoms with E-state index in [2.05, 4.69) is 22.5 Å². The van der Waals surface area contributed by atoms with Crippen molar-refractivity contribution in [3.8, 4) is 5.75 Å². The number of phenolic OH excluding ortho intramolecular Hbond substituents is 1. The molecular weight excluding hydrogens is 278 g/mol. The van der Waals surface area contributed by atoms with Crippen molar-refractivity contribution < 1.29 is 9.90 Å². The van der Waals surface area contributed by atoms with Gasteiger partial charge in [-0.15, -0.1) is 0 Å². The van der Waals surface area contributed by atoms with E-state index in [-0.39, 0.29) is 17.8 Å². The van der Waals surface area contributed by atoms with E-state index in [1.807, 2.05) is 13.0 Å². The van der Waals surface area contributed by atoms with Crippen molar-refractivity contribution in [3.05, 3.63) is 29.8 Å². The second-order valence-corrected chi connectivity index (χ2v) is 6.40. The van der Waals surface area contributed by atoms with Gasteiger partial charge < -0.3 is 20.6 Å². The number of piperidine rings is 1. The van der Waals surface area contributed by atoms with Gasteiger partial charge in [-0.25, -0.2) is 4.79 Å². The first-order chi connectivity index (χ1) is 10.5. The van der Waals surface area contributed by atoms with Crippen molar-refractivity contribution in [1.29, 1.82) is 0 Å². The molecule has 1 saturated heterocycles. The number of benzene rings is 1. The zero-order valence-electron chi connectivity index (χ0n) is 13.5. The number of rotatable bonds is 5. The highest BCUT2D eigenvalue weighted by Gasteiger charge is 2.18. The van der Waals surface area contributed by atoms with Crippen molar-refractivity contribution in [2.45, 2.75) is 39.3 Å². The molecule has 1 aromatic carbocycles. The molecule has 0 radical (unpaired) electrons. The van der Waals surface area contributed by atoms with Gasteiger partial charge in [-0.05, 0) is 49.9 Å². The molecule has 1 heterocycles. The van der Waals surface area contributed by atoms with Crippen LogP contribution in [0, 0.1) is 5.92 Å². The van der Waals surface area contributed by atoms with Crippen LogP contribution in [0.3, 0.4) is 0 Å². The molecule has 1 aromatic rings. The maximum atomic E-state index is 11.9. The molecule has 0 spiro atoms. The number of hydrogen-bond acceptors (Lipinski definition) is 3. The van der Waals surface area contributed by atoms with Crippen LogP contribution in [0.4, 0.5) is 4.79 Å². The van der Waals surface area contributed by atoms with Crippen LogP contribution in [-0.2, 0) is 6.54 Å². The van der Waals surface area contributed by atoms with Crippen molar-refractivity contribution in [2.75, 3.05) is 19.6 Å². The van der Waals surface area contributed by atoms with Gasteiger partial charge in [-0.1, -0.05) is 19.1 Å². The number of aromatic hydroxyl groups is 1. The summed E-state index contributed by atoms with van der Waals surface area (Å²) < 4.78 is 0. The Balaban J connectivity index is 1.69. The van der Waals surface area contributed by atoms with Crippen LogP contribution in [0.15, 0.2) is 24.3 Å². The first-order valence-electron chi connectivity index (χ1n) is 8.07. The third-order valence-electron chi connectivity index (χ3n) is 4.01. The number of amides is 2. The molecule has 22 heavy (non-hydrogen) atoms. The van der Waals surface area contributed by atoms with Gasteiger partial charge in [0.25, 0.3) is 0 Å². The minimum Gasteiger partial charge on any atom is -0.508 e. The van der Waals surface area contributed by atoms with Crippen LogP contribution in [0.2, 0.25) is 0 Å². The summed E-state index contributed by atoms with van der Waals surface area (Å²) >= 11 is 0. The smallest absolute Gasteiger partial charge is 0.315 e. The number of hydrogen-bond donors (Lipinski definition) is 3. The summed E-state index contributed by atoms with van der Waals surface area (Å²) in [4.78, 5) is 14.3. The van der Waals surface area contributed by atoms with E-state index in [4.69, 9.17) is 0 Å². The molecule has 0 saturated carbocycles. The second-order valence-electron chi connectivity index (χ2n) is 6.40. The quantitative estimate of drug-likeness (QED) is 0.782. The summed E-state index contributed by atoms with van der Waals surface area (Å²) in [6, 6.07) is 6.86. The molecule has 2 amide bonds. The van der Waals surface area contributed by atoms with E-state index in [1.54, 1.807) is 18.2 Å². The average molecular weight is 305 g/mol. The van der Waals surface area contributed by atoms with E-state index >= 15 is 0 Å². The Kier molecular flexibility index (Phi) is 6.07. The number of phenols is 1. The molecule has 2 atom stereocenters. The predicted molar refractivity (Wildman–Crippen MR) is 87.8 cm³/mol. The fraction of sp³-hybridized carbons (Fsp3) is 0.588. The molecule has 1 aliphatic heterocycles. The molecule has 2 rings (SSSR count). The molecule has 3 N–H and O–H groups in total. The highest BCUT2D eigenvalue weighted by atomic mass is 16.3. The number of nitrogens with zero attached hydrogens (tertiary/aromatic N) is 1. The first-order valence-corrected chi connectivity index (χ1v) is 8.07. The largest absolute Gasteiger partial charge is 0.508 e. The third-order valence-corrected chi connectivity index (χ3v) is 4.01. The predicted octanol–water partition coefficient (Wildman–Crippen LogP) is 2.31. The molecule has 1 fully saturated rings. The first kappa shape index (κ1) is 16.6. The normalized spacial score (nSPS) is 20.4. The van der Waals surface area contributed by atoms with E-state index in [0.717, 1.165) is 31.1 Å². The lowest BCUT2D eigenvalue weighted by atomic mass is 10.00. The highest BCUT2D eigenvalue weighted by molar-refractivity contribution is 5.74. The summed E-state index contributed by atoms with van der Waals surface area (Å²) in [6.07, 6.45) is 2.56. The Bertz CT molecular complexity index is 493. The van der Waals surface area contributed by atoms with Gasteiger partial charge in [-0.2, -0.15) is 0 Å². The van der Waals surface area contributed by atoms with Crippen LogP contribution < -0.4 is 10.6 Å². The third kappa shape index (κ3) is 5.56. The molecule has 1 aliphatic rings. The number of urea groups is 1. The van der Waals surface area contributed by atoms with Crippen LogP contribution >= 0.6 is 0 Å². The van der Waals surface area contributed by atoms with Crippen molar-refractivity contribution >= 4 is 6.03 Å². The minimum atomic E-state index is -0.166. The molecule has 0 aromatic heterocycles. The van der Waals surface area contributed by atoms with Crippen LogP contribution in [0.1, 0.15) is 32.3 Å². The van der Waals surface area contributed by atoms with Gasteiger partial charge in [0.2, 0.25) is 0 Å². The maximum Gasteiger partial charge on any atom is 0.315 e. The molecule has 5 nitrogen and oxygen atoms in total. The number of carbonyl (C=O) groups is 1. The molecule has 0 bridgehead atoms. The van der Waals surface area contributed by atoms with E-state index < -0.39 is 0 Å². The number of likely N-dealkylation sites (tertiary alicyclic amines) is 1. The van der Waals surface area contributed by atoms with Crippen LogP contribution in [0.25, 0.3) is 0 Å². The monoisotopic (exact) mass is 305 g/mol. The minimum absolute atomic E-state index is 0.120. The van der Waals surface area contributed by atoms with Gasteiger partial charge >= 0.3 is 6.03 Å². The summed E-state index contributed by atoms with van der Waals surface area (Å²) in [6.45, 7) is 7.87. The zero-order chi connectivity index (χ0) is 15.9. The summed E-state index contributed by atoms with van der Waals surface area (Å²) in [5, 5.41) is 15.2. The summed E-state index contributed by atoms with van der Waals surface area (Å²) in [5.41, 5.74) is 0.882. The van der Waals surface area contributed by atoms with E-state index in [0.29, 0.717) is 6.54 Å². The van der Waals surface area contributed by atoms with Gasteiger partial charge in [-0.3, -0.25) is 0 Å². The summed E-state index contributed by atoms with van der Waals surface area (Å²) in [7, 11) is 0. The fourth-order valence-electron chi connectivity index (χ4n) is 3.01. The zero-order valence-corrected chi connectivity index (χ0v) is 13.5. The van der Waals surface area contributed by atoms with Gasteiger partial charge in [0.15, 0.2) is 0 Å². The fourth-order valence-corrected chi connectivity index (χ4v) is 3.01.